The molecule has 280 valence electrons. The summed E-state index contributed by atoms with van der Waals surface area (Å²) in [6.45, 7) is 11.7. The highest BCUT2D eigenvalue weighted by atomic mass is 32.1. The number of nitrogens with zero attached hydrogens (tertiary/aromatic N) is 4. The maximum atomic E-state index is 11.5. The zero-order valence-corrected chi connectivity index (χ0v) is 32.8. The molecule has 2 atom stereocenters. The Hall–Kier alpha value is -5.29. The van der Waals surface area contributed by atoms with Crippen molar-refractivity contribution in [3.63, 3.8) is 0 Å². The molecule has 0 saturated heterocycles. The third-order valence-electron chi connectivity index (χ3n) is 10.1. The van der Waals surface area contributed by atoms with Gasteiger partial charge in [0.2, 0.25) is 0 Å². The van der Waals surface area contributed by atoms with Crippen LogP contribution < -0.4 is 0 Å². The van der Waals surface area contributed by atoms with Crippen LogP contribution in [0.3, 0.4) is 0 Å². The number of carbonyl (C=O) groups excluding carboxylic acids is 3. The lowest BCUT2D eigenvalue weighted by Gasteiger charge is -2.27. The number of allylic oxidation sites excluding steroid dienone is 4. The number of hydrogen-bond donors (Lipinski definition) is 1. The molecule has 0 fully saturated rings. The summed E-state index contributed by atoms with van der Waals surface area (Å²) in [5.41, 5.74) is 11.1. The summed E-state index contributed by atoms with van der Waals surface area (Å²) >= 11 is 5.57. The third kappa shape index (κ3) is 7.68. The van der Waals surface area contributed by atoms with Crippen molar-refractivity contribution < 1.29 is 28.9 Å². The number of unbranched alkanes of at least 4 members (excludes halogenated alkanes) is 3. The first-order valence-electron chi connectivity index (χ1n) is 18.4. The van der Waals surface area contributed by atoms with E-state index in [0.29, 0.717) is 17.8 Å². The second-order valence-electron chi connectivity index (χ2n) is 14.1. The van der Waals surface area contributed by atoms with E-state index in [1.54, 1.807) is 0 Å². The predicted molar refractivity (Wildman–Crippen MR) is 218 cm³/mol. The van der Waals surface area contributed by atoms with Gasteiger partial charge in [-0.1, -0.05) is 78.4 Å². The van der Waals surface area contributed by atoms with Gasteiger partial charge >= 0.3 is 17.9 Å². The van der Waals surface area contributed by atoms with E-state index in [-0.39, 0.29) is 5.92 Å². The van der Waals surface area contributed by atoms with Crippen LogP contribution in [0.4, 0.5) is 0 Å². The van der Waals surface area contributed by atoms with Gasteiger partial charge in [-0.15, -0.1) is 0 Å². The van der Waals surface area contributed by atoms with Crippen molar-refractivity contribution in [1.82, 2.24) is 4.57 Å². The maximum absolute atomic E-state index is 11.5. The number of oxime groups is 3. The van der Waals surface area contributed by atoms with Crippen LogP contribution in [0, 0.1) is 5.92 Å². The molecule has 0 aliphatic heterocycles. The van der Waals surface area contributed by atoms with Gasteiger partial charge in [0, 0.05) is 43.2 Å². The first kappa shape index (κ1) is 38.4. The van der Waals surface area contributed by atoms with Gasteiger partial charge in [0.05, 0.1) is 32.9 Å². The van der Waals surface area contributed by atoms with Gasteiger partial charge in [-0.25, -0.2) is 14.4 Å². The number of hydrogen-bond acceptors (Lipinski definition) is 10. The normalized spacial score (nSPS) is 18.4. The molecule has 10 nitrogen and oxygen atoms in total. The minimum atomic E-state index is -0.587. The Kier molecular flexibility index (Phi) is 11.4. The molecular weight excluding hydrogens is 701 g/mol. The number of thiol groups is 1. The van der Waals surface area contributed by atoms with Crippen LogP contribution in [0.1, 0.15) is 109 Å². The summed E-state index contributed by atoms with van der Waals surface area (Å²) in [6.07, 6.45) is 12.3. The highest BCUT2D eigenvalue weighted by Gasteiger charge is 2.41. The fraction of sp³-hybridized carbons (Fsp3) is 0.349. The molecule has 0 spiro atoms. The van der Waals surface area contributed by atoms with Gasteiger partial charge in [0.25, 0.3) is 0 Å². The average Bonchev–Trinajstić information content (AvgIpc) is 3.60. The van der Waals surface area contributed by atoms with Crippen molar-refractivity contribution in [2.75, 3.05) is 0 Å². The Bertz CT molecular complexity index is 2330. The van der Waals surface area contributed by atoms with E-state index in [1.165, 1.54) is 20.8 Å². The minimum Gasteiger partial charge on any atom is -0.319 e. The van der Waals surface area contributed by atoms with Gasteiger partial charge in [0.1, 0.15) is 0 Å². The van der Waals surface area contributed by atoms with Crippen LogP contribution in [0.15, 0.2) is 82.2 Å². The first-order chi connectivity index (χ1) is 25.8. The molecule has 2 aliphatic rings. The standard InChI is InChI=1S/C43H46N4O6S/c1-8-9-10-11-20-43(54)39-22-33(27(4)46-53-30(7)50)14-18-35(39)36-23-38-37-21-32(26(3)45-52-29(6)49)15-19-41(37)47(42(38)24-40(36)43)34-16-12-31(13-17-34)25(2)44-51-28(5)48/h12,14-19,21-24,31,54H,8-11,13,20H2,1-7H3. The van der Waals surface area contributed by atoms with Crippen molar-refractivity contribution >= 4 is 75.2 Å². The van der Waals surface area contributed by atoms with Crippen LogP contribution in [0.25, 0.3) is 38.6 Å². The summed E-state index contributed by atoms with van der Waals surface area (Å²) in [4.78, 5) is 49.4. The summed E-state index contributed by atoms with van der Waals surface area (Å²) in [5.74, 6) is -1.42. The van der Waals surface area contributed by atoms with Gasteiger partial charge in [-0.3, -0.25) is 0 Å². The molecule has 0 N–H and O–H groups in total. The van der Waals surface area contributed by atoms with E-state index in [0.717, 1.165) is 98.7 Å². The molecule has 11 heteroatoms. The monoisotopic (exact) mass is 746 g/mol. The Labute approximate surface area is 321 Å². The number of fused-ring (bicyclic) bond motifs is 6. The quantitative estimate of drug-likeness (QED) is 0.0507. The lowest BCUT2D eigenvalue weighted by atomic mass is 9.88. The molecule has 0 saturated carbocycles. The molecule has 1 aromatic heterocycles. The number of rotatable bonds is 12. The Morgan fingerprint density at radius 3 is 1.98 bits per heavy atom. The SMILES string of the molecule is CCCCCCC1(S)c2cc(C(C)=NOC(C)=O)ccc2-c2cc3c4cc(C(C)=NOC(C)=O)ccc4n(C4=CCC(C(C)=NOC(C)=O)C=C4)c3cc21. The predicted octanol–water partition coefficient (Wildman–Crippen LogP) is 9.85. The second-order valence-corrected chi connectivity index (χ2v) is 14.8. The van der Waals surface area contributed by atoms with E-state index < -0.39 is 22.7 Å². The second kappa shape index (κ2) is 16.0. The highest BCUT2D eigenvalue weighted by molar-refractivity contribution is 7.81. The van der Waals surface area contributed by atoms with Gasteiger partial charge < -0.3 is 19.1 Å². The molecular formula is C43H46N4O6S. The fourth-order valence-corrected chi connectivity index (χ4v) is 7.89. The zero-order valence-electron chi connectivity index (χ0n) is 31.9. The van der Waals surface area contributed by atoms with Crippen LogP contribution in [0.2, 0.25) is 0 Å². The molecule has 4 aromatic rings. The van der Waals surface area contributed by atoms with Crippen molar-refractivity contribution in [2.45, 2.75) is 91.7 Å². The van der Waals surface area contributed by atoms with E-state index >= 15 is 0 Å². The third-order valence-corrected chi connectivity index (χ3v) is 10.9. The van der Waals surface area contributed by atoms with Crippen molar-refractivity contribution in [2.24, 2.45) is 21.4 Å². The van der Waals surface area contributed by atoms with Gasteiger partial charge in [0.15, 0.2) is 0 Å². The molecule has 1 heterocycles. The lowest BCUT2D eigenvalue weighted by Crippen LogP contribution is -2.18. The molecule has 0 amide bonds. The van der Waals surface area contributed by atoms with Crippen LogP contribution >= 0.6 is 12.6 Å². The first-order valence-corrected chi connectivity index (χ1v) is 18.8. The summed E-state index contributed by atoms with van der Waals surface area (Å²) < 4.78 is 1.70. The highest BCUT2D eigenvalue weighted by Crippen LogP contribution is 2.56. The fourth-order valence-electron chi connectivity index (χ4n) is 7.36. The van der Waals surface area contributed by atoms with Crippen molar-refractivity contribution in [3.05, 3.63) is 89.0 Å². The van der Waals surface area contributed by atoms with E-state index in [4.69, 9.17) is 27.1 Å². The average molecular weight is 747 g/mol. The van der Waals surface area contributed by atoms with E-state index in [2.05, 4.69) is 81.6 Å². The van der Waals surface area contributed by atoms with Crippen LogP contribution in [-0.2, 0) is 33.6 Å². The summed E-state index contributed by atoms with van der Waals surface area (Å²) in [7, 11) is 0. The largest absolute Gasteiger partial charge is 0.331 e. The van der Waals surface area contributed by atoms with E-state index in [1.807, 2.05) is 32.9 Å². The van der Waals surface area contributed by atoms with Gasteiger partial charge in [-0.2, -0.15) is 12.6 Å². The van der Waals surface area contributed by atoms with E-state index in [9.17, 15) is 14.4 Å². The molecule has 0 bridgehead atoms. The maximum Gasteiger partial charge on any atom is 0.331 e. The Morgan fingerprint density at radius 1 is 0.741 bits per heavy atom. The van der Waals surface area contributed by atoms with Gasteiger partial charge in [-0.05, 0) is 103 Å². The molecule has 3 aromatic carbocycles. The number of carbonyl (C=O) groups is 3. The smallest absolute Gasteiger partial charge is 0.319 e. The van der Waals surface area contributed by atoms with Crippen LogP contribution in [-0.4, -0.2) is 39.6 Å². The number of aromatic nitrogens is 1. The van der Waals surface area contributed by atoms with Crippen molar-refractivity contribution in [1.29, 1.82) is 0 Å². The lowest BCUT2D eigenvalue weighted by molar-refractivity contribution is -0.141. The minimum absolute atomic E-state index is 0.0121. The van der Waals surface area contributed by atoms with Crippen LogP contribution in [0.5, 0.6) is 0 Å². The molecule has 54 heavy (non-hydrogen) atoms. The molecule has 2 unspecified atom stereocenters. The number of benzene rings is 3. The summed E-state index contributed by atoms with van der Waals surface area (Å²) in [5, 5.41) is 14.3. The van der Waals surface area contributed by atoms with Crippen molar-refractivity contribution in [3.8, 4) is 11.1 Å². The Balaban J connectivity index is 1.55. The molecule has 2 aliphatic carbocycles. The summed E-state index contributed by atoms with van der Waals surface area (Å²) in [6, 6.07) is 17.0. The molecule has 6 rings (SSSR count). The Morgan fingerprint density at radius 2 is 1.35 bits per heavy atom. The zero-order chi connectivity index (χ0) is 38.7. The topological polar surface area (TPSA) is 121 Å². The molecule has 0 radical (unpaired) electrons.